The zero-order chi connectivity index (χ0) is 12.4. The van der Waals surface area contributed by atoms with Crippen LogP contribution < -0.4 is 0 Å². The van der Waals surface area contributed by atoms with E-state index in [1.165, 1.54) is 0 Å². The van der Waals surface area contributed by atoms with Gasteiger partial charge in [0.2, 0.25) is 0 Å². The highest BCUT2D eigenvalue weighted by Crippen LogP contribution is 2.17. The van der Waals surface area contributed by atoms with E-state index in [2.05, 4.69) is 10.2 Å². The van der Waals surface area contributed by atoms with Gasteiger partial charge in [-0.3, -0.25) is 5.10 Å². The van der Waals surface area contributed by atoms with Crippen LogP contribution in [0.5, 0.6) is 0 Å². The SMILES string of the molecule is Cc1ccccc1Cc1n[nH]c(C)c1C(=O)O. The minimum Gasteiger partial charge on any atom is -0.478 e. The molecule has 1 heterocycles. The Bertz CT molecular complexity index is 558. The lowest BCUT2D eigenvalue weighted by atomic mass is 10.0. The number of hydrogen-bond donors (Lipinski definition) is 2. The average molecular weight is 230 g/mol. The molecular formula is C13H14N2O2. The average Bonchev–Trinajstić information content (AvgIpc) is 2.63. The highest BCUT2D eigenvalue weighted by Gasteiger charge is 2.17. The van der Waals surface area contributed by atoms with Crippen molar-refractivity contribution in [3.05, 3.63) is 52.3 Å². The van der Waals surface area contributed by atoms with Crippen LogP contribution in [0.2, 0.25) is 0 Å². The van der Waals surface area contributed by atoms with Crippen LogP contribution in [0.15, 0.2) is 24.3 Å². The van der Waals surface area contributed by atoms with Crippen molar-refractivity contribution < 1.29 is 9.90 Å². The number of carbonyl (C=O) groups is 1. The number of aromatic carboxylic acids is 1. The lowest BCUT2D eigenvalue weighted by Gasteiger charge is -2.04. The maximum atomic E-state index is 11.1. The molecule has 0 aliphatic rings. The van der Waals surface area contributed by atoms with Crippen LogP contribution >= 0.6 is 0 Å². The third-order valence-corrected chi connectivity index (χ3v) is 2.86. The number of carboxylic acids is 1. The molecule has 0 atom stereocenters. The first-order valence-corrected chi connectivity index (χ1v) is 5.41. The van der Waals surface area contributed by atoms with Crippen molar-refractivity contribution in [1.29, 1.82) is 0 Å². The molecule has 2 N–H and O–H groups in total. The smallest absolute Gasteiger partial charge is 0.339 e. The molecule has 0 bridgehead atoms. The molecule has 0 spiro atoms. The van der Waals surface area contributed by atoms with Crippen molar-refractivity contribution in [1.82, 2.24) is 10.2 Å². The van der Waals surface area contributed by atoms with Gasteiger partial charge in [-0.05, 0) is 25.0 Å². The summed E-state index contributed by atoms with van der Waals surface area (Å²) in [6.45, 7) is 3.73. The van der Waals surface area contributed by atoms with E-state index in [9.17, 15) is 4.79 Å². The summed E-state index contributed by atoms with van der Waals surface area (Å²) in [6.07, 6.45) is 0.540. The Morgan fingerprint density at radius 2 is 2.06 bits per heavy atom. The van der Waals surface area contributed by atoms with Crippen molar-refractivity contribution in [2.75, 3.05) is 0 Å². The summed E-state index contributed by atoms with van der Waals surface area (Å²) >= 11 is 0. The van der Waals surface area contributed by atoms with E-state index in [4.69, 9.17) is 5.11 Å². The van der Waals surface area contributed by atoms with Crippen LogP contribution in [0.1, 0.15) is 32.9 Å². The topological polar surface area (TPSA) is 66.0 Å². The molecule has 2 rings (SSSR count). The fraction of sp³-hybridized carbons (Fsp3) is 0.231. The van der Waals surface area contributed by atoms with Gasteiger partial charge in [-0.15, -0.1) is 0 Å². The van der Waals surface area contributed by atoms with E-state index in [-0.39, 0.29) is 5.56 Å². The minimum absolute atomic E-state index is 0.285. The van der Waals surface area contributed by atoms with E-state index in [1.807, 2.05) is 31.2 Å². The second-order valence-electron chi connectivity index (χ2n) is 4.08. The van der Waals surface area contributed by atoms with Crippen LogP contribution in [-0.2, 0) is 6.42 Å². The van der Waals surface area contributed by atoms with E-state index >= 15 is 0 Å². The Morgan fingerprint density at radius 3 is 2.71 bits per heavy atom. The highest BCUT2D eigenvalue weighted by atomic mass is 16.4. The molecule has 4 heteroatoms. The quantitative estimate of drug-likeness (QED) is 0.850. The molecule has 0 aliphatic carbocycles. The lowest BCUT2D eigenvalue weighted by Crippen LogP contribution is -2.03. The van der Waals surface area contributed by atoms with E-state index < -0.39 is 5.97 Å². The van der Waals surface area contributed by atoms with E-state index in [0.717, 1.165) is 11.1 Å². The molecular weight excluding hydrogens is 216 g/mol. The fourth-order valence-electron chi connectivity index (χ4n) is 1.88. The Kier molecular flexibility index (Phi) is 2.95. The number of aryl methyl sites for hydroxylation is 2. The minimum atomic E-state index is -0.931. The number of nitrogens with zero attached hydrogens (tertiary/aromatic N) is 1. The molecule has 0 fully saturated rings. The van der Waals surface area contributed by atoms with E-state index in [1.54, 1.807) is 6.92 Å². The van der Waals surface area contributed by atoms with Crippen LogP contribution in [-0.4, -0.2) is 21.3 Å². The third kappa shape index (κ3) is 2.20. The molecule has 0 saturated heterocycles. The Balaban J connectivity index is 2.37. The van der Waals surface area contributed by atoms with Gasteiger partial charge in [-0.1, -0.05) is 24.3 Å². The van der Waals surface area contributed by atoms with Crippen LogP contribution in [0.3, 0.4) is 0 Å². The Labute approximate surface area is 99.3 Å². The van der Waals surface area contributed by atoms with Gasteiger partial charge in [0.1, 0.15) is 5.56 Å². The lowest BCUT2D eigenvalue weighted by molar-refractivity contribution is 0.0695. The number of hydrogen-bond acceptors (Lipinski definition) is 2. The highest BCUT2D eigenvalue weighted by molar-refractivity contribution is 5.90. The molecule has 17 heavy (non-hydrogen) atoms. The normalized spacial score (nSPS) is 10.5. The summed E-state index contributed by atoms with van der Waals surface area (Å²) < 4.78 is 0. The van der Waals surface area contributed by atoms with Crippen molar-refractivity contribution in [2.45, 2.75) is 20.3 Å². The van der Waals surface area contributed by atoms with Gasteiger partial charge < -0.3 is 5.11 Å². The number of aromatic amines is 1. The van der Waals surface area contributed by atoms with Crippen molar-refractivity contribution >= 4 is 5.97 Å². The van der Waals surface area contributed by atoms with Gasteiger partial charge in [0, 0.05) is 12.1 Å². The number of carboxylic acid groups (broad SMARTS) is 1. The summed E-state index contributed by atoms with van der Waals surface area (Å²) in [5, 5.41) is 15.9. The summed E-state index contributed by atoms with van der Waals surface area (Å²) in [5.74, 6) is -0.931. The van der Waals surface area contributed by atoms with Gasteiger partial charge in [-0.25, -0.2) is 4.79 Å². The molecule has 88 valence electrons. The molecule has 0 saturated carbocycles. The number of nitrogens with one attached hydrogen (secondary N) is 1. The van der Waals surface area contributed by atoms with Gasteiger partial charge in [-0.2, -0.15) is 5.10 Å². The fourth-order valence-corrected chi connectivity index (χ4v) is 1.88. The Morgan fingerprint density at radius 1 is 1.35 bits per heavy atom. The van der Waals surface area contributed by atoms with Gasteiger partial charge in [0.15, 0.2) is 0 Å². The second-order valence-corrected chi connectivity index (χ2v) is 4.08. The van der Waals surface area contributed by atoms with Crippen molar-refractivity contribution in [3.8, 4) is 0 Å². The largest absolute Gasteiger partial charge is 0.478 e. The maximum absolute atomic E-state index is 11.1. The second kappa shape index (κ2) is 4.41. The van der Waals surface area contributed by atoms with Crippen LogP contribution in [0, 0.1) is 13.8 Å². The van der Waals surface area contributed by atoms with Crippen molar-refractivity contribution in [3.63, 3.8) is 0 Å². The molecule has 4 nitrogen and oxygen atoms in total. The predicted molar refractivity (Wildman–Crippen MR) is 64.3 cm³/mol. The number of H-pyrrole nitrogens is 1. The zero-order valence-electron chi connectivity index (χ0n) is 9.82. The number of benzene rings is 1. The monoisotopic (exact) mass is 230 g/mol. The van der Waals surface area contributed by atoms with Gasteiger partial charge >= 0.3 is 5.97 Å². The molecule has 0 unspecified atom stereocenters. The first-order valence-electron chi connectivity index (χ1n) is 5.41. The molecule has 0 radical (unpaired) electrons. The summed E-state index contributed by atoms with van der Waals surface area (Å²) in [6, 6.07) is 7.91. The first-order chi connectivity index (χ1) is 8.09. The number of rotatable bonds is 3. The van der Waals surface area contributed by atoms with Crippen LogP contribution in [0.25, 0.3) is 0 Å². The molecule has 2 aromatic rings. The molecule has 1 aromatic heterocycles. The van der Waals surface area contributed by atoms with Gasteiger partial charge in [0.25, 0.3) is 0 Å². The maximum Gasteiger partial charge on any atom is 0.339 e. The van der Waals surface area contributed by atoms with Crippen molar-refractivity contribution in [2.24, 2.45) is 0 Å². The number of aromatic nitrogens is 2. The summed E-state index contributed by atoms with van der Waals surface area (Å²) in [7, 11) is 0. The van der Waals surface area contributed by atoms with Gasteiger partial charge in [0.05, 0.1) is 5.69 Å². The third-order valence-electron chi connectivity index (χ3n) is 2.86. The summed E-state index contributed by atoms with van der Waals surface area (Å²) in [5.41, 5.74) is 3.71. The molecule has 0 amide bonds. The Hall–Kier alpha value is -2.10. The van der Waals surface area contributed by atoms with E-state index in [0.29, 0.717) is 17.8 Å². The first kappa shape index (κ1) is 11.4. The summed E-state index contributed by atoms with van der Waals surface area (Å²) in [4.78, 5) is 11.1. The van der Waals surface area contributed by atoms with Crippen LogP contribution in [0.4, 0.5) is 0 Å². The molecule has 0 aliphatic heterocycles. The predicted octanol–water partition coefficient (Wildman–Crippen LogP) is 2.32. The standard InChI is InChI=1S/C13H14N2O2/c1-8-5-3-4-6-10(8)7-11-12(13(16)17)9(2)14-15-11/h3-6H,7H2,1-2H3,(H,14,15)(H,16,17). The zero-order valence-corrected chi connectivity index (χ0v) is 9.82. The molecule has 1 aromatic carbocycles.